The molecule has 0 saturated carbocycles. The van der Waals surface area contributed by atoms with Gasteiger partial charge in [-0.25, -0.2) is 9.97 Å². The number of hydrogen-bond donors (Lipinski definition) is 1. The van der Waals surface area contributed by atoms with Gasteiger partial charge in [-0.3, -0.25) is 4.99 Å². The van der Waals surface area contributed by atoms with Crippen molar-refractivity contribution in [2.45, 2.75) is 0 Å². The zero-order valence-corrected chi connectivity index (χ0v) is 10.3. The molecule has 2 aromatic rings. The van der Waals surface area contributed by atoms with E-state index in [1.54, 1.807) is 6.20 Å². The summed E-state index contributed by atoms with van der Waals surface area (Å²) in [5, 5.41) is 3.11. The number of thiocarbonyl (C=S) groups is 1. The molecule has 0 bridgehead atoms. The lowest BCUT2D eigenvalue weighted by atomic mass is 10.1. The molecule has 4 nitrogen and oxygen atoms in total. The van der Waals surface area contributed by atoms with Gasteiger partial charge in [-0.15, -0.1) is 0 Å². The predicted molar refractivity (Wildman–Crippen MR) is 75.2 cm³/mol. The van der Waals surface area contributed by atoms with E-state index in [1.165, 1.54) is 6.33 Å². The smallest absolute Gasteiger partial charge is 0.116 e. The van der Waals surface area contributed by atoms with Crippen molar-refractivity contribution in [3.05, 3.63) is 54.1 Å². The minimum absolute atomic E-state index is 0.468. The van der Waals surface area contributed by atoms with Crippen LogP contribution in [-0.4, -0.2) is 27.2 Å². The average molecular weight is 254 g/mol. The molecule has 1 aromatic carbocycles. The number of benzene rings is 1. The first-order valence-electron chi connectivity index (χ1n) is 5.55. The maximum absolute atomic E-state index is 5.20. The topological polar surface area (TPSA) is 50.2 Å². The van der Waals surface area contributed by atoms with Crippen LogP contribution >= 0.6 is 12.2 Å². The maximum Gasteiger partial charge on any atom is 0.116 e. The van der Waals surface area contributed by atoms with Crippen molar-refractivity contribution >= 4 is 28.6 Å². The molecule has 0 saturated heterocycles. The van der Waals surface area contributed by atoms with Crippen LogP contribution in [0.4, 0.5) is 5.69 Å². The van der Waals surface area contributed by atoms with Gasteiger partial charge in [0.1, 0.15) is 17.0 Å². The van der Waals surface area contributed by atoms with Gasteiger partial charge in [0, 0.05) is 5.56 Å². The molecule has 1 aromatic heterocycles. The van der Waals surface area contributed by atoms with Crippen molar-refractivity contribution in [2.24, 2.45) is 4.99 Å². The number of nitrogens with one attached hydrogen (secondary N) is 1. The van der Waals surface area contributed by atoms with Crippen LogP contribution in [-0.2, 0) is 0 Å². The number of hydrogen-bond acceptors (Lipinski definition) is 4. The zero-order valence-electron chi connectivity index (χ0n) is 9.50. The highest BCUT2D eigenvalue weighted by atomic mass is 32.1. The van der Waals surface area contributed by atoms with Gasteiger partial charge in [-0.2, -0.15) is 0 Å². The van der Waals surface area contributed by atoms with Crippen LogP contribution in [0.15, 0.2) is 47.8 Å². The van der Waals surface area contributed by atoms with Crippen molar-refractivity contribution in [2.75, 3.05) is 11.9 Å². The summed E-state index contributed by atoms with van der Waals surface area (Å²) in [4.78, 5) is 13.5. The molecule has 3 rings (SSSR count). The third-order valence-electron chi connectivity index (χ3n) is 2.64. The van der Waals surface area contributed by atoms with Crippen LogP contribution in [0.25, 0.3) is 0 Å². The van der Waals surface area contributed by atoms with E-state index in [9.17, 15) is 0 Å². The van der Waals surface area contributed by atoms with Crippen molar-refractivity contribution < 1.29 is 0 Å². The molecule has 88 valence electrons. The molecule has 1 aliphatic heterocycles. The third-order valence-corrected chi connectivity index (χ3v) is 2.87. The Morgan fingerprint density at radius 3 is 2.83 bits per heavy atom. The quantitative estimate of drug-likeness (QED) is 0.791. The Labute approximate surface area is 110 Å². The number of anilines is 1. The Morgan fingerprint density at radius 1 is 1.17 bits per heavy atom. The molecule has 2 heterocycles. The number of fused-ring (bicyclic) bond motifs is 1. The maximum atomic E-state index is 5.20. The monoisotopic (exact) mass is 254 g/mol. The number of rotatable bonds is 1. The molecular weight excluding hydrogens is 244 g/mol. The van der Waals surface area contributed by atoms with Gasteiger partial charge in [0.15, 0.2) is 0 Å². The second kappa shape index (κ2) is 4.62. The Kier molecular flexibility index (Phi) is 2.82. The minimum Gasteiger partial charge on any atom is -0.345 e. The molecule has 5 heteroatoms. The molecule has 0 atom stereocenters. The number of aliphatic imine (C=N–C) groups is 1. The number of aromatic nitrogens is 2. The first kappa shape index (κ1) is 11.0. The average Bonchev–Trinajstić information content (AvgIpc) is 2.58. The fourth-order valence-corrected chi connectivity index (χ4v) is 2.02. The van der Waals surface area contributed by atoms with E-state index in [0.717, 1.165) is 22.7 Å². The minimum atomic E-state index is 0.468. The lowest BCUT2D eigenvalue weighted by Crippen LogP contribution is -2.11. The number of nitrogens with zero attached hydrogens (tertiary/aromatic N) is 3. The van der Waals surface area contributed by atoms with Crippen LogP contribution < -0.4 is 5.32 Å². The van der Waals surface area contributed by atoms with E-state index >= 15 is 0 Å². The van der Waals surface area contributed by atoms with E-state index in [2.05, 4.69) is 20.3 Å². The van der Waals surface area contributed by atoms with Crippen LogP contribution in [0.1, 0.15) is 11.3 Å². The van der Waals surface area contributed by atoms with Crippen LogP contribution in [0.3, 0.4) is 0 Å². The Morgan fingerprint density at radius 2 is 2.00 bits per heavy atom. The molecule has 0 radical (unpaired) electrons. The summed E-state index contributed by atoms with van der Waals surface area (Å²) in [5.41, 5.74) is 3.47. The lowest BCUT2D eigenvalue weighted by Gasteiger charge is -2.07. The summed E-state index contributed by atoms with van der Waals surface area (Å²) in [6.45, 7) is 0.468. The Balaban J connectivity index is 2.17. The third kappa shape index (κ3) is 2.00. The highest BCUT2D eigenvalue weighted by Gasteiger charge is 2.17. The van der Waals surface area contributed by atoms with Gasteiger partial charge in [0.2, 0.25) is 0 Å². The van der Waals surface area contributed by atoms with E-state index in [0.29, 0.717) is 11.5 Å². The van der Waals surface area contributed by atoms with Gasteiger partial charge < -0.3 is 5.32 Å². The largest absolute Gasteiger partial charge is 0.345 e. The summed E-state index contributed by atoms with van der Waals surface area (Å²) in [5.74, 6) is 0. The highest BCUT2D eigenvalue weighted by Crippen LogP contribution is 2.19. The highest BCUT2D eigenvalue weighted by molar-refractivity contribution is 7.80. The van der Waals surface area contributed by atoms with Gasteiger partial charge >= 0.3 is 0 Å². The van der Waals surface area contributed by atoms with E-state index in [4.69, 9.17) is 12.2 Å². The van der Waals surface area contributed by atoms with Crippen LogP contribution in [0.5, 0.6) is 0 Å². The molecule has 1 aliphatic rings. The molecule has 0 unspecified atom stereocenters. The van der Waals surface area contributed by atoms with E-state index in [-0.39, 0.29) is 0 Å². The summed E-state index contributed by atoms with van der Waals surface area (Å²) in [6, 6.07) is 9.97. The predicted octanol–water partition coefficient (Wildman–Crippen LogP) is 2.07. The van der Waals surface area contributed by atoms with Gasteiger partial charge in [0.25, 0.3) is 0 Å². The summed E-state index contributed by atoms with van der Waals surface area (Å²) in [6.07, 6.45) is 3.24. The second-order valence-corrected chi connectivity index (χ2v) is 4.36. The van der Waals surface area contributed by atoms with Crippen LogP contribution in [0, 0.1) is 0 Å². The van der Waals surface area contributed by atoms with Crippen molar-refractivity contribution in [1.82, 2.24) is 9.97 Å². The fraction of sp³-hybridized carbons (Fsp3) is 0.0769. The molecule has 0 fully saturated rings. The van der Waals surface area contributed by atoms with Crippen molar-refractivity contribution in [1.29, 1.82) is 0 Å². The lowest BCUT2D eigenvalue weighted by molar-refractivity contribution is 1.15. The molecule has 0 spiro atoms. The Bertz CT molecular complexity index is 622. The SMILES string of the molecule is S=C1CN=C(c2ccccc2)c2ncncc2N1. The first-order valence-corrected chi connectivity index (χ1v) is 5.95. The molecule has 0 amide bonds. The van der Waals surface area contributed by atoms with Gasteiger partial charge in [0.05, 0.1) is 24.1 Å². The standard InChI is InChI=1S/C13H10N4S/c18-11-7-15-12(9-4-2-1-3-5-9)13-10(17-11)6-14-8-16-13/h1-6,8H,7H2,(H,17,18). The normalized spacial score (nSPS) is 14.2. The first-order chi connectivity index (χ1) is 8.84. The zero-order chi connectivity index (χ0) is 12.4. The van der Waals surface area contributed by atoms with Crippen molar-refractivity contribution in [3.8, 4) is 0 Å². The fourth-order valence-electron chi connectivity index (χ4n) is 1.85. The summed E-state index contributed by atoms with van der Waals surface area (Å²) >= 11 is 5.20. The van der Waals surface area contributed by atoms with Gasteiger partial charge in [-0.1, -0.05) is 42.5 Å². The second-order valence-electron chi connectivity index (χ2n) is 3.86. The molecular formula is C13H10N4S. The Hall–Kier alpha value is -2.14. The molecule has 18 heavy (non-hydrogen) atoms. The summed E-state index contributed by atoms with van der Waals surface area (Å²) in [7, 11) is 0. The summed E-state index contributed by atoms with van der Waals surface area (Å²) < 4.78 is 0. The van der Waals surface area contributed by atoms with E-state index in [1.807, 2.05) is 30.3 Å². The molecule has 0 aliphatic carbocycles. The van der Waals surface area contributed by atoms with Crippen LogP contribution in [0.2, 0.25) is 0 Å². The van der Waals surface area contributed by atoms with E-state index < -0.39 is 0 Å². The van der Waals surface area contributed by atoms with Gasteiger partial charge in [-0.05, 0) is 0 Å². The molecule has 1 N–H and O–H groups in total. The van der Waals surface area contributed by atoms with Crippen molar-refractivity contribution in [3.63, 3.8) is 0 Å².